The highest BCUT2D eigenvalue weighted by Crippen LogP contribution is 2.31. The van der Waals surface area contributed by atoms with Crippen molar-refractivity contribution < 1.29 is 4.79 Å². The van der Waals surface area contributed by atoms with Gasteiger partial charge >= 0.3 is 0 Å². The zero-order valence-electron chi connectivity index (χ0n) is 14.4. The van der Waals surface area contributed by atoms with Crippen LogP contribution in [0.5, 0.6) is 0 Å². The molecule has 0 bridgehead atoms. The second-order valence-corrected chi connectivity index (χ2v) is 7.32. The minimum Gasteiger partial charge on any atom is -0.356 e. The van der Waals surface area contributed by atoms with Crippen LogP contribution in [0.1, 0.15) is 24.3 Å². The Kier molecular flexibility index (Phi) is 5.34. The van der Waals surface area contributed by atoms with Crippen molar-refractivity contribution in [2.24, 2.45) is 11.8 Å². The maximum atomic E-state index is 12.4. The van der Waals surface area contributed by atoms with Crippen LogP contribution in [0.2, 0.25) is 0 Å². The number of hydrogen-bond acceptors (Lipinski definition) is 3. The lowest BCUT2D eigenvalue weighted by Crippen LogP contribution is -2.41. The van der Waals surface area contributed by atoms with Crippen LogP contribution in [-0.4, -0.2) is 62.5 Å². The van der Waals surface area contributed by atoms with E-state index in [-0.39, 0.29) is 11.8 Å². The van der Waals surface area contributed by atoms with Gasteiger partial charge in [0.15, 0.2) is 0 Å². The van der Waals surface area contributed by atoms with Gasteiger partial charge in [0.1, 0.15) is 0 Å². The summed E-state index contributed by atoms with van der Waals surface area (Å²) >= 11 is 0. The molecule has 0 saturated carbocycles. The lowest BCUT2D eigenvalue weighted by atomic mass is 9.88. The summed E-state index contributed by atoms with van der Waals surface area (Å²) < 4.78 is 0. The molecule has 1 aromatic rings. The Balaban J connectivity index is 1.55. The van der Waals surface area contributed by atoms with Crippen LogP contribution in [0.3, 0.4) is 0 Å². The number of likely N-dealkylation sites (N-methyl/N-ethyl adjacent to an activating group) is 1. The quantitative estimate of drug-likeness (QED) is 0.920. The standard InChI is InChI=1S/C19H29N3O/c1-21-10-8-16(9-11-21)19(23)20-12-17-13-22(2)14-18(17)15-6-4-3-5-7-15/h3-7,16-18H,8-14H2,1-2H3,(H,20,23)/t17-,18+/m1/s1. The zero-order valence-corrected chi connectivity index (χ0v) is 14.4. The maximum absolute atomic E-state index is 12.4. The number of rotatable bonds is 4. The first-order valence-corrected chi connectivity index (χ1v) is 8.83. The summed E-state index contributed by atoms with van der Waals surface area (Å²) in [6.07, 6.45) is 1.99. The van der Waals surface area contributed by atoms with Gasteiger partial charge in [0, 0.05) is 31.5 Å². The first kappa shape index (κ1) is 16.5. The Bertz CT molecular complexity index is 511. The summed E-state index contributed by atoms with van der Waals surface area (Å²) in [6, 6.07) is 10.7. The Morgan fingerprint density at radius 3 is 2.48 bits per heavy atom. The molecule has 0 aromatic heterocycles. The van der Waals surface area contributed by atoms with E-state index in [4.69, 9.17) is 0 Å². The molecule has 2 aliphatic heterocycles. The van der Waals surface area contributed by atoms with Crippen molar-refractivity contribution in [3.05, 3.63) is 35.9 Å². The van der Waals surface area contributed by atoms with Gasteiger partial charge in [-0.2, -0.15) is 0 Å². The minimum atomic E-state index is 0.209. The third kappa shape index (κ3) is 4.12. The normalized spacial score (nSPS) is 27.2. The molecule has 126 valence electrons. The van der Waals surface area contributed by atoms with Crippen LogP contribution >= 0.6 is 0 Å². The molecule has 2 heterocycles. The molecule has 23 heavy (non-hydrogen) atoms. The number of nitrogens with zero attached hydrogens (tertiary/aromatic N) is 2. The van der Waals surface area contributed by atoms with E-state index in [1.165, 1.54) is 5.56 Å². The molecule has 2 saturated heterocycles. The Morgan fingerprint density at radius 1 is 1.09 bits per heavy atom. The number of nitrogens with one attached hydrogen (secondary N) is 1. The zero-order chi connectivity index (χ0) is 16.2. The van der Waals surface area contributed by atoms with Gasteiger partial charge in [-0.15, -0.1) is 0 Å². The fourth-order valence-corrected chi connectivity index (χ4v) is 4.02. The number of piperidine rings is 1. The Morgan fingerprint density at radius 2 is 1.78 bits per heavy atom. The molecule has 4 heteroatoms. The predicted molar refractivity (Wildman–Crippen MR) is 93.4 cm³/mol. The van der Waals surface area contributed by atoms with Gasteiger partial charge in [0.25, 0.3) is 0 Å². The van der Waals surface area contributed by atoms with Crippen LogP contribution in [0, 0.1) is 11.8 Å². The van der Waals surface area contributed by atoms with Gasteiger partial charge in [-0.1, -0.05) is 30.3 Å². The summed E-state index contributed by atoms with van der Waals surface area (Å²) in [5.41, 5.74) is 1.40. The van der Waals surface area contributed by atoms with Crippen LogP contribution in [0.15, 0.2) is 30.3 Å². The summed E-state index contributed by atoms with van der Waals surface area (Å²) in [6.45, 7) is 5.02. The minimum absolute atomic E-state index is 0.209. The topological polar surface area (TPSA) is 35.6 Å². The number of likely N-dealkylation sites (tertiary alicyclic amines) is 2. The number of hydrogen-bond donors (Lipinski definition) is 1. The molecule has 2 fully saturated rings. The summed E-state index contributed by atoms with van der Waals surface area (Å²) in [5.74, 6) is 1.51. The molecular formula is C19H29N3O. The van der Waals surface area contributed by atoms with Gasteiger partial charge < -0.3 is 15.1 Å². The fourth-order valence-electron chi connectivity index (χ4n) is 4.02. The average Bonchev–Trinajstić information content (AvgIpc) is 2.95. The SMILES string of the molecule is CN1CCC(C(=O)NC[C@@H]2CN(C)C[C@H]2c2ccccc2)CC1. The first-order valence-electron chi connectivity index (χ1n) is 8.83. The Hall–Kier alpha value is -1.39. The average molecular weight is 315 g/mol. The monoisotopic (exact) mass is 315 g/mol. The molecule has 1 aromatic carbocycles. The van der Waals surface area contributed by atoms with Gasteiger partial charge in [0.05, 0.1) is 0 Å². The van der Waals surface area contributed by atoms with E-state index in [1.807, 2.05) is 0 Å². The third-order valence-electron chi connectivity index (χ3n) is 5.48. The molecule has 2 aliphatic rings. The smallest absolute Gasteiger partial charge is 0.223 e. The van der Waals surface area contributed by atoms with Crippen LogP contribution < -0.4 is 5.32 Å². The lowest BCUT2D eigenvalue weighted by Gasteiger charge is -2.28. The molecule has 0 aliphatic carbocycles. The van der Waals surface area contributed by atoms with Crippen molar-refractivity contribution in [1.82, 2.24) is 15.1 Å². The molecule has 1 N–H and O–H groups in total. The van der Waals surface area contributed by atoms with Gasteiger partial charge in [-0.3, -0.25) is 4.79 Å². The molecule has 3 rings (SSSR count). The van der Waals surface area contributed by atoms with E-state index in [0.29, 0.717) is 11.8 Å². The second kappa shape index (κ2) is 7.45. The summed E-state index contributed by atoms with van der Waals surface area (Å²) in [5, 5.41) is 3.25. The lowest BCUT2D eigenvalue weighted by molar-refractivity contribution is -0.126. The van der Waals surface area contributed by atoms with Gasteiger partial charge in [0.2, 0.25) is 5.91 Å². The second-order valence-electron chi connectivity index (χ2n) is 7.32. The van der Waals surface area contributed by atoms with Crippen LogP contribution in [0.25, 0.3) is 0 Å². The summed E-state index contributed by atoms with van der Waals surface area (Å²) in [7, 11) is 4.31. The predicted octanol–water partition coefficient (Wildman–Crippen LogP) is 1.79. The largest absolute Gasteiger partial charge is 0.356 e. The molecule has 0 radical (unpaired) electrons. The van der Waals surface area contributed by atoms with E-state index < -0.39 is 0 Å². The number of amides is 1. The van der Waals surface area contributed by atoms with Crippen molar-refractivity contribution >= 4 is 5.91 Å². The third-order valence-corrected chi connectivity index (χ3v) is 5.48. The molecule has 0 unspecified atom stereocenters. The number of carbonyl (C=O) groups excluding carboxylic acids is 1. The van der Waals surface area contributed by atoms with E-state index in [9.17, 15) is 4.79 Å². The van der Waals surface area contributed by atoms with E-state index in [1.54, 1.807) is 0 Å². The maximum Gasteiger partial charge on any atom is 0.223 e. The van der Waals surface area contributed by atoms with Crippen molar-refractivity contribution in [2.45, 2.75) is 18.8 Å². The molecule has 1 amide bonds. The molecule has 0 spiro atoms. The number of carbonyl (C=O) groups is 1. The van der Waals surface area contributed by atoms with Crippen molar-refractivity contribution in [3.63, 3.8) is 0 Å². The van der Waals surface area contributed by atoms with Crippen LogP contribution in [0.4, 0.5) is 0 Å². The Labute approximate surface area is 139 Å². The highest BCUT2D eigenvalue weighted by Gasteiger charge is 2.32. The van der Waals surface area contributed by atoms with Crippen molar-refractivity contribution in [3.8, 4) is 0 Å². The highest BCUT2D eigenvalue weighted by molar-refractivity contribution is 5.78. The fraction of sp³-hybridized carbons (Fsp3) is 0.632. The van der Waals surface area contributed by atoms with Crippen molar-refractivity contribution in [1.29, 1.82) is 0 Å². The molecule has 4 nitrogen and oxygen atoms in total. The first-order chi connectivity index (χ1) is 11.1. The van der Waals surface area contributed by atoms with Gasteiger partial charge in [-0.05, 0) is 51.5 Å². The van der Waals surface area contributed by atoms with Crippen LogP contribution in [-0.2, 0) is 4.79 Å². The number of benzene rings is 1. The van der Waals surface area contributed by atoms with Crippen molar-refractivity contribution in [2.75, 3.05) is 46.8 Å². The van der Waals surface area contributed by atoms with Gasteiger partial charge in [-0.25, -0.2) is 0 Å². The van der Waals surface area contributed by atoms with E-state index in [0.717, 1.165) is 45.6 Å². The molecule has 2 atom stereocenters. The highest BCUT2D eigenvalue weighted by atomic mass is 16.1. The van der Waals surface area contributed by atoms with E-state index in [2.05, 4.69) is 59.5 Å². The summed E-state index contributed by atoms with van der Waals surface area (Å²) in [4.78, 5) is 17.1. The molecular weight excluding hydrogens is 286 g/mol. The van der Waals surface area contributed by atoms with E-state index >= 15 is 0 Å².